The SMILES string of the molecule is O=C1CN(c2cccc(Cl)c2Br)CC(=O)O1. The van der Waals surface area contributed by atoms with E-state index >= 15 is 0 Å². The Labute approximate surface area is 105 Å². The topological polar surface area (TPSA) is 46.6 Å². The molecule has 1 heterocycles. The number of hydrogen-bond acceptors (Lipinski definition) is 4. The van der Waals surface area contributed by atoms with E-state index in [1.54, 1.807) is 23.1 Å². The zero-order valence-corrected chi connectivity index (χ0v) is 10.4. The highest BCUT2D eigenvalue weighted by molar-refractivity contribution is 9.10. The maximum Gasteiger partial charge on any atom is 0.333 e. The lowest BCUT2D eigenvalue weighted by Gasteiger charge is -2.27. The van der Waals surface area contributed by atoms with Crippen LogP contribution in [0.1, 0.15) is 0 Å². The lowest BCUT2D eigenvalue weighted by atomic mass is 10.2. The molecule has 84 valence electrons. The van der Waals surface area contributed by atoms with Crippen LogP contribution in [0.5, 0.6) is 0 Å². The maximum absolute atomic E-state index is 11.1. The molecule has 0 bridgehead atoms. The van der Waals surface area contributed by atoms with Gasteiger partial charge in [-0.1, -0.05) is 17.7 Å². The molecule has 6 heteroatoms. The summed E-state index contributed by atoms with van der Waals surface area (Å²) in [5.74, 6) is -1.11. The van der Waals surface area contributed by atoms with Gasteiger partial charge in [-0.15, -0.1) is 0 Å². The first-order valence-electron chi connectivity index (χ1n) is 4.50. The van der Waals surface area contributed by atoms with Crippen LogP contribution < -0.4 is 4.90 Å². The Hall–Kier alpha value is -1.07. The number of ether oxygens (including phenoxy) is 1. The molecule has 1 aliphatic rings. The molecule has 0 radical (unpaired) electrons. The van der Waals surface area contributed by atoms with E-state index in [9.17, 15) is 9.59 Å². The van der Waals surface area contributed by atoms with Gasteiger partial charge in [-0.2, -0.15) is 0 Å². The van der Waals surface area contributed by atoms with E-state index in [0.29, 0.717) is 15.2 Å². The molecule has 1 aliphatic heterocycles. The van der Waals surface area contributed by atoms with Gasteiger partial charge in [-0.3, -0.25) is 0 Å². The van der Waals surface area contributed by atoms with Gasteiger partial charge in [-0.25, -0.2) is 9.59 Å². The highest BCUT2D eigenvalue weighted by Crippen LogP contribution is 2.33. The van der Waals surface area contributed by atoms with E-state index in [0.717, 1.165) is 0 Å². The number of carbonyl (C=O) groups is 2. The van der Waals surface area contributed by atoms with Crippen molar-refractivity contribution in [2.75, 3.05) is 18.0 Å². The number of esters is 2. The van der Waals surface area contributed by atoms with Crippen molar-refractivity contribution in [3.8, 4) is 0 Å². The molecule has 2 rings (SSSR count). The number of morpholine rings is 1. The number of benzene rings is 1. The highest BCUT2D eigenvalue weighted by Gasteiger charge is 2.26. The van der Waals surface area contributed by atoms with E-state index in [4.69, 9.17) is 11.6 Å². The van der Waals surface area contributed by atoms with Gasteiger partial charge < -0.3 is 9.64 Å². The molecule has 0 aromatic heterocycles. The van der Waals surface area contributed by atoms with Crippen molar-refractivity contribution in [2.45, 2.75) is 0 Å². The molecule has 1 saturated heterocycles. The molecule has 0 aliphatic carbocycles. The summed E-state index contributed by atoms with van der Waals surface area (Å²) in [6, 6.07) is 5.26. The first-order chi connectivity index (χ1) is 7.58. The minimum atomic E-state index is -0.553. The van der Waals surface area contributed by atoms with Crippen molar-refractivity contribution < 1.29 is 14.3 Å². The second-order valence-electron chi connectivity index (χ2n) is 3.28. The van der Waals surface area contributed by atoms with Crippen LogP contribution in [-0.2, 0) is 14.3 Å². The van der Waals surface area contributed by atoms with Crippen LogP contribution in [0.25, 0.3) is 0 Å². The van der Waals surface area contributed by atoms with Crippen molar-refractivity contribution in [1.29, 1.82) is 0 Å². The molecule has 4 nitrogen and oxygen atoms in total. The number of nitrogens with zero attached hydrogens (tertiary/aromatic N) is 1. The molecule has 0 amide bonds. The smallest absolute Gasteiger partial charge is 0.333 e. The fourth-order valence-corrected chi connectivity index (χ4v) is 2.15. The molecule has 16 heavy (non-hydrogen) atoms. The minimum absolute atomic E-state index is 0.0463. The van der Waals surface area contributed by atoms with Crippen LogP contribution in [0.2, 0.25) is 5.02 Å². The van der Waals surface area contributed by atoms with Gasteiger partial charge >= 0.3 is 11.9 Å². The standard InChI is InChI=1S/C10H7BrClNO3/c11-10-6(12)2-1-3-7(10)13-4-8(14)16-9(15)5-13/h1-3H,4-5H2. The van der Waals surface area contributed by atoms with Gasteiger partial charge in [0, 0.05) is 0 Å². The summed E-state index contributed by atoms with van der Waals surface area (Å²) in [5, 5.41) is 0.531. The van der Waals surface area contributed by atoms with Crippen LogP contribution in [-0.4, -0.2) is 25.0 Å². The summed E-state index contributed by atoms with van der Waals surface area (Å²) in [4.78, 5) is 23.9. The number of halogens is 2. The number of cyclic esters (lactones) is 2. The lowest BCUT2D eigenvalue weighted by Crippen LogP contribution is -2.43. The molecule has 1 fully saturated rings. The van der Waals surface area contributed by atoms with Crippen LogP contribution >= 0.6 is 27.5 Å². The van der Waals surface area contributed by atoms with Crippen molar-refractivity contribution in [3.63, 3.8) is 0 Å². The van der Waals surface area contributed by atoms with Gasteiger partial charge in [-0.05, 0) is 28.1 Å². The Morgan fingerprint density at radius 3 is 2.50 bits per heavy atom. The van der Waals surface area contributed by atoms with Crippen LogP contribution in [0.4, 0.5) is 5.69 Å². The quantitative estimate of drug-likeness (QED) is 0.588. The third kappa shape index (κ3) is 2.20. The maximum atomic E-state index is 11.1. The molecule has 0 atom stereocenters. The Morgan fingerprint density at radius 2 is 1.88 bits per heavy atom. The summed E-state index contributed by atoms with van der Waals surface area (Å²) in [6.45, 7) is 0.0926. The molecule has 0 saturated carbocycles. The Balaban J connectivity index is 2.33. The predicted octanol–water partition coefficient (Wildman–Crippen LogP) is 1.99. The van der Waals surface area contributed by atoms with E-state index in [-0.39, 0.29) is 13.1 Å². The zero-order chi connectivity index (χ0) is 11.7. The van der Waals surface area contributed by atoms with E-state index in [1.165, 1.54) is 0 Å². The summed E-state index contributed by atoms with van der Waals surface area (Å²) < 4.78 is 5.11. The van der Waals surface area contributed by atoms with Gasteiger partial charge in [0.15, 0.2) is 0 Å². The fraction of sp³-hybridized carbons (Fsp3) is 0.200. The van der Waals surface area contributed by atoms with Crippen molar-refractivity contribution in [1.82, 2.24) is 0 Å². The Bertz CT molecular complexity index is 447. The summed E-state index contributed by atoms with van der Waals surface area (Å²) in [6.07, 6.45) is 0. The van der Waals surface area contributed by atoms with Crippen molar-refractivity contribution in [2.24, 2.45) is 0 Å². The second-order valence-corrected chi connectivity index (χ2v) is 4.48. The molecule has 0 unspecified atom stereocenters. The van der Waals surface area contributed by atoms with Crippen LogP contribution in [0.3, 0.4) is 0 Å². The number of rotatable bonds is 1. The number of hydrogen-bond donors (Lipinski definition) is 0. The molecule has 0 spiro atoms. The van der Waals surface area contributed by atoms with E-state index < -0.39 is 11.9 Å². The average molecular weight is 305 g/mol. The highest BCUT2D eigenvalue weighted by atomic mass is 79.9. The Kier molecular flexibility index (Phi) is 3.16. The summed E-state index contributed by atoms with van der Waals surface area (Å²) >= 11 is 9.25. The third-order valence-corrected chi connectivity index (χ3v) is 3.52. The average Bonchev–Trinajstić information content (AvgIpc) is 2.20. The number of anilines is 1. The molecule has 1 aromatic carbocycles. The molecule has 1 aromatic rings. The first kappa shape index (κ1) is 11.4. The first-order valence-corrected chi connectivity index (χ1v) is 5.67. The lowest BCUT2D eigenvalue weighted by molar-refractivity contribution is -0.160. The van der Waals surface area contributed by atoms with Crippen molar-refractivity contribution >= 4 is 45.2 Å². The van der Waals surface area contributed by atoms with Gasteiger partial charge in [0.1, 0.15) is 13.1 Å². The zero-order valence-electron chi connectivity index (χ0n) is 8.07. The van der Waals surface area contributed by atoms with E-state index in [2.05, 4.69) is 20.7 Å². The van der Waals surface area contributed by atoms with Gasteiger partial charge in [0.2, 0.25) is 0 Å². The molecule has 0 N–H and O–H groups in total. The van der Waals surface area contributed by atoms with Gasteiger partial charge in [0.05, 0.1) is 15.2 Å². The summed E-state index contributed by atoms with van der Waals surface area (Å²) in [5.41, 5.74) is 0.706. The Morgan fingerprint density at radius 1 is 1.25 bits per heavy atom. The van der Waals surface area contributed by atoms with Crippen LogP contribution in [0.15, 0.2) is 22.7 Å². The predicted molar refractivity (Wildman–Crippen MR) is 62.5 cm³/mol. The molecular weight excluding hydrogens is 297 g/mol. The number of carbonyl (C=O) groups excluding carboxylic acids is 2. The monoisotopic (exact) mass is 303 g/mol. The fourth-order valence-electron chi connectivity index (χ4n) is 1.47. The minimum Gasteiger partial charge on any atom is -0.390 e. The third-order valence-electron chi connectivity index (χ3n) is 2.14. The van der Waals surface area contributed by atoms with Gasteiger partial charge in [0.25, 0.3) is 0 Å². The van der Waals surface area contributed by atoms with Crippen molar-refractivity contribution in [3.05, 3.63) is 27.7 Å². The normalized spacial score (nSPS) is 16.2. The second kappa shape index (κ2) is 4.43. The van der Waals surface area contributed by atoms with E-state index in [1.807, 2.05) is 0 Å². The summed E-state index contributed by atoms with van der Waals surface area (Å²) in [7, 11) is 0. The van der Waals surface area contributed by atoms with Crippen LogP contribution in [0, 0.1) is 0 Å². The molecular formula is C10H7BrClNO3. The largest absolute Gasteiger partial charge is 0.390 e.